The number of hydrogen-bond acceptors (Lipinski definition) is 4. The molecule has 3 aromatic rings. The number of fused-ring (bicyclic) bond motifs is 1. The lowest BCUT2D eigenvalue weighted by molar-refractivity contribution is -0.143. The summed E-state index contributed by atoms with van der Waals surface area (Å²) < 4.78 is 1.84. The first-order valence-electron chi connectivity index (χ1n) is 13.0. The highest BCUT2D eigenvalue weighted by Crippen LogP contribution is 2.48. The Morgan fingerprint density at radius 1 is 1.06 bits per heavy atom. The second-order valence-corrected chi connectivity index (χ2v) is 11.6. The van der Waals surface area contributed by atoms with Crippen LogP contribution in [0.5, 0.6) is 0 Å². The minimum absolute atomic E-state index is 0.126. The topological polar surface area (TPSA) is 70.8 Å². The zero-order valence-electron chi connectivity index (χ0n) is 21.1. The summed E-state index contributed by atoms with van der Waals surface area (Å²) >= 11 is 0. The number of benzene rings is 2. The quantitative estimate of drug-likeness (QED) is 0.555. The maximum atomic E-state index is 13.4. The van der Waals surface area contributed by atoms with E-state index in [1.807, 2.05) is 27.7 Å². The second-order valence-electron chi connectivity index (χ2n) is 11.6. The van der Waals surface area contributed by atoms with Crippen molar-refractivity contribution >= 4 is 28.6 Å². The molecule has 0 atom stereocenters. The molecule has 1 aromatic heterocycles. The van der Waals surface area contributed by atoms with Crippen molar-refractivity contribution in [2.45, 2.75) is 45.1 Å². The normalized spacial score (nSPS) is 21.8. The Labute approximate surface area is 210 Å². The van der Waals surface area contributed by atoms with Gasteiger partial charge >= 0.3 is 0 Å². The molecule has 3 fully saturated rings. The van der Waals surface area contributed by atoms with Gasteiger partial charge in [0.05, 0.1) is 5.52 Å². The van der Waals surface area contributed by atoms with Crippen LogP contribution in [0.2, 0.25) is 0 Å². The van der Waals surface area contributed by atoms with Gasteiger partial charge in [0.2, 0.25) is 5.91 Å². The molecule has 7 nitrogen and oxygen atoms in total. The summed E-state index contributed by atoms with van der Waals surface area (Å²) in [7, 11) is 1.94. The fraction of sp³-hybridized carbons (Fsp3) is 0.448. The van der Waals surface area contributed by atoms with E-state index in [2.05, 4.69) is 55.3 Å². The highest BCUT2D eigenvalue weighted by Gasteiger charge is 2.58. The van der Waals surface area contributed by atoms with Gasteiger partial charge in [-0.1, -0.05) is 37.3 Å². The number of rotatable bonds is 5. The van der Waals surface area contributed by atoms with E-state index in [1.54, 1.807) is 0 Å². The van der Waals surface area contributed by atoms with Crippen molar-refractivity contribution in [3.8, 4) is 11.1 Å². The first-order valence-corrected chi connectivity index (χ1v) is 13.0. The van der Waals surface area contributed by atoms with Crippen LogP contribution in [0.3, 0.4) is 0 Å². The van der Waals surface area contributed by atoms with Crippen molar-refractivity contribution < 1.29 is 9.59 Å². The number of carbonyl (C=O) groups excluding carboxylic acids is 2. The third kappa shape index (κ3) is 3.32. The van der Waals surface area contributed by atoms with Crippen molar-refractivity contribution in [1.29, 1.82) is 0 Å². The summed E-state index contributed by atoms with van der Waals surface area (Å²) in [6.07, 6.45) is 5.69. The van der Waals surface area contributed by atoms with Crippen molar-refractivity contribution in [2.24, 2.45) is 23.4 Å². The molecule has 2 amide bonds. The number of nitrogens with zero attached hydrogens (tertiary/aromatic N) is 5. The lowest BCUT2D eigenvalue weighted by Crippen LogP contribution is -2.56. The van der Waals surface area contributed by atoms with E-state index in [9.17, 15) is 9.59 Å². The molecule has 0 N–H and O–H groups in total. The average Bonchev–Trinajstić information content (AvgIpc) is 3.72. The van der Waals surface area contributed by atoms with Gasteiger partial charge in [-0.25, -0.2) is 0 Å². The summed E-state index contributed by atoms with van der Waals surface area (Å²) in [6.45, 7) is 6.28. The van der Waals surface area contributed by atoms with Crippen LogP contribution < -0.4 is 0 Å². The molecule has 4 aliphatic rings. The maximum Gasteiger partial charge on any atom is 0.256 e. The maximum absolute atomic E-state index is 13.4. The SMILES string of the molecule is Cc1cc(-c2ccc3cn(C)nc3c2)ccc1C1=NC2(CC2)C(=O)N1CC1CN(C(=O)C2(C)CC2)C1. The summed E-state index contributed by atoms with van der Waals surface area (Å²) in [4.78, 5) is 34.9. The van der Waals surface area contributed by atoms with Crippen LogP contribution in [0.4, 0.5) is 0 Å². The first-order chi connectivity index (χ1) is 17.2. The summed E-state index contributed by atoms with van der Waals surface area (Å²) in [5, 5.41) is 5.67. The van der Waals surface area contributed by atoms with Crippen LogP contribution in [0, 0.1) is 18.3 Å². The van der Waals surface area contributed by atoms with Crippen LogP contribution in [-0.2, 0) is 16.6 Å². The highest BCUT2D eigenvalue weighted by atomic mass is 16.2. The molecule has 1 saturated heterocycles. The van der Waals surface area contributed by atoms with Gasteiger partial charge in [0.1, 0.15) is 11.4 Å². The third-order valence-corrected chi connectivity index (χ3v) is 8.57. The van der Waals surface area contributed by atoms with Crippen molar-refractivity contribution in [2.75, 3.05) is 19.6 Å². The summed E-state index contributed by atoms with van der Waals surface area (Å²) in [5.41, 5.74) is 4.70. The summed E-state index contributed by atoms with van der Waals surface area (Å²) in [5.74, 6) is 1.54. The predicted octanol–water partition coefficient (Wildman–Crippen LogP) is 3.93. The van der Waals surface area contributed by atoms with Crippen LogP contribution in [0.15, 0.2) is 47.6 Å². The molecule has 0 radical (unpaired) electrons. The van der Waals surface area contributed by atoms with E-state index in [1.165, 1.54) is 0 Å². The number of aryl methyl sites for hydroxylation is 2. The van der Waals surface area contributed by atoms with Gasteiger partial charge < -0.3 is 4.90 Å². The van der Waals surface area contributed by atoms with Gasteiger partial charge in [0.15, 0.2) is 0 Å². The first kappa shape index (κ1) is 21.8. The predicted molar refractivity (Wildman–Crippen MR) is 139 cm³/mol. The van der Waals surface area contributed by atoms with E-state index in [0.717, 1.165) is 77.8 Å². The van der Waals surface area contributed by atoms with Crippen molar-refractivity contribution in [1.82, 2.24) is 19.6 Å². The van der Waals surface area contributed by atoms with Gasteiger partial charge in [-0.15, -0.1) is 0 Å². The van der Waals surface area contributed by atoms with Crippen LogP contribution >= 0.6 is 0 Å². The molecule has 3 heterocycles. The number of carbonyl (C=O) groups is 2. The Morgan fingerprint density at radius 2 is 1.78 bits per heavy atom. The molecule has 2 aliphatic carbocycles. The zero-order valence-corrected chi connectivity index (χ0v) is 21.1. The van der Waals surface area contributed by atoms with Gasteiger partial charge in [-0.3, -0.25) is 24.2 Å². The Morgan fingerprint density at radius 3 is 2.47 bits per heavy atom. The number of aromatic nitrogens is 2. The number of amides is 2. The number of hydrogen-bond donors (Lipinski definition) is 0. The molecular formula is C29H31N5O2. The van der Waals surface area contributed by atoms with E-state index in [-0.39, 0.29) is 17.2 Å². The molecule has 1 spiro atoms. The molecule has 2 aliphatic heterocycles. The molecule has 7 heteroatoms. The van der Waals surface area contributed by atoms with Gasteiger partial charge in [0, 0.05) is 55.2 Å². The third-order valence-electron chi connectivity index (χ3n) is 8.57. The summed E-state index contributed by atoms with van der Waals surface area (Å²) in [6, 6.07) is 12.8. The fourth-order valence-corrected chi connectivity index (χ4v) is 5.78. The smallest absolute Gasteiger partial charge is 0.256 e. The Balaban J connectivity index is 1.13. The molecular weight excluding hydrogens is 450 g/mol. The fourth-order valence-electron chi connectivity index (χ4n) is 5.78. The minimum atomic E-state index is -0.537. The van der Waals surface area contributed by atoms with Gasteiger partial charge in [0.25, 0.3) is 5.91 Å². The van der Waals surface area contributed by atoms with E-state index < -0.39 is 5.54 Å². The van der Waals surface area contributed by atoms with E-state index >= 15 is 0 Å². The van der Waals surface area contributed by atoms with E-state index in [4.69, 9.17) is 4.99 Å². The molecule has 2 saturated carbocycles. The number of aliphatic imine (C=N–C) groups is 1. The zero-order chi connectivity index (χ0) is 24.8. The Hall–Kier alpha value is -3.48. The number of likely N-dealkylation sites (tertiary alicyclic amines) is 1. The monoisotopic (exact) mass is 481 g/mol. The van der Waals surface area contributed by atoms with Crippen LogP contribution in [0.25, 0.3) is 22.0 Å². The molecule has 0 bridgehead atoms. The number of amidine groups is 1. The molecule has 7 rings (SSSR count). The second kappa shape index (κ2) is 7.28. The molecule has 36 heavy (non-hydrogen) atoms. The largest absolute Gasteiger partial charge is 0.341 e. The van der Waals surface area contributed by atoms with Crippen molar-refractivity contribution in [3.63, 3.8) is 0 Å². The van der Waals surface area contributed by atoms with Crippen LogP contribution in [-0.4, -0.2) is 62.4 Å². The molecule has 2 aromatic carbocycles. The Kier molecular flexibility index (Phi) is 4.40. The van der Waals surface area contributed by atoms with Gasteiger partial charge in [-0.2, -0.15) is 5.10 Å². The minimum Gasteiger partial charge on any atom is -0.341 e. The van der Waals surface area contributed by atoms with Crippen LogP contribution in [0.1, 0.15) is 43.7 Å². The van der Waals surface area contributed by atoms with Crippen molar-refractivity contribution in [3.05, 3.63) is 53.7 Å². The molecule has 0 unspecified atom stereocenters. The Bertz CT molecular complexity index is 1470. The standard InChI is InChI=1S/C29H31N5O2/c1-18-12-20(21-4-5-22-17-32(3)31-24(22)13-21)6-7-23(18)25-30-29(10-11-29)27(36)34(25)16-19-14-33(15-19)26(35)28(2)8-9-28/h4-7,12-13,17,19H,8-11,14-16H2,1-3H3. The van der Waals surface area contributed by atoms with Gasteiger partial charge in [-0.05, 0) is 55.4 Å². The van der Waals surface area contributed by atoms with E-state index in [0.29, 0.717) is 12.5 Å². The average molecular weight is 482 g/mol. The lowest BCUT2D eigenvalue weighted by atomic mass is 9.95. The highest BCUT2D eigenvalue weighted by molar-refractivity contribution is 6.17. The molecule has 184 valence electrons. The lowest BCUT2D eigenvalue weighted by Gasteiger charge is -2.42.